The molecule has 0 atom stereocenters. The molecule has 0 radical (unpaired) electrons. The largest absolute Gasteiger partial charge is 0.337 e. The fourth-order valence-electron chi connectivity index (χ4n) is 5.19. The van der Waals surface area contributed by atoms with Gasteiger partial charge in [0.1, 0.15) is 5.82 Å². The van der Waals surface area contributed by atoms with Crippen LogP contribution in [0.2, 0.25) is 0 Å². The van der Waals surface area contributed by atoms with Crippen LogP contribution in [-0.2, 0) is 6.54 Å². The van der Waals surface area contributed by atoms with Gasteiger partial charge in [-0.05, 0) is 74.7 Å². The van der Waals surface area contributed by atoms with Gasteiger partial charge < -0.3 is 10.6 Å². The van der Waals surface area contributed by atoms with E-state index in [4.69, 9.17) is 5.73 Å². The SMILES string of the molecule is CN(C)Cc1ccccc1-c1cccc(-n2c(=O)n(C3CCC(N)CC3)c(=O)c3cc(F)cnc32)c1. The Morgan fingerprint density at radius 1 is 1.03 bits per heavy atom. The molecule has 2 aromatic heterocycles. The summed E-state index contributed by atoms with van der Waals surface area (Å²) in [5.74, 6) is -0.617. The number of rotatable bonds is 5. The van der Waals surface area contributed by atoms with Crippen LogP contribution in [0, 0.1) is 5.82 Å². The molecule has 8 heteroatoms. The normalized spacial score (nSPS) is 18.1. The molecular formula is C28H30FN5O2. The number of nitrogens with zero attached hydrogens (tertiary/aromatic N) is 4. The van der Waals surface area contributed by atoms with Gasteiger partial charge in [-0.25, -0.2) is 18.7 Å². The molecule has 0 saturated heterocycles. The van der Waals surface area contributed by atoms with Crippen molar-refractivity contribution in [3.8, 4) is 16.8 Å². The van der Waals surface area contributed by atoms with Gasteiger partial charge in [-0.15, -0.1) is 0 Å². The molecule has 7 nitrogen and oxygen atoms in total. The number of halogens is 1. The standard InChI is InChI=1S/C28H30FN5O2/c1-32(2)17-19-6-3-4-9-24(19)18-7-5-8-23(14-18)33-26-25(15-20(29)16-31-26)27(35)34(28(33)36)22-12-10-21(30)11-13-22/h3-9,14-16,21-22H,10-13,17,30H2,1-2H3. The first-order valence-corrected chi connectivity index (χ1v) is 12.3. The number of hydrogen-bond acceptors (Lipinski definition) is 5. The van der Waals surface area contributed by atoms with E-state index in [2.05, 4.69) is 22.0 Å². The predicted molar refractivity (Wildman–Crippen MR) is 140 cm³/mol. The van der Waals surface area contributed by atoms with E-state index in [-0.39, 0.29) is 23.1 Å². The maximum Gasteiger partial charge on any atom is 0.337 e. The Kier molecular flexibility index (Phi) is 6.55. The first kappa shape index (κ1) is 24.1. The van der Waals surface area contributed by atoms with Gasteiger partial charge in [0.15, 0.2) is 5.65 Å². The lowest BCUT2D eigenvalue weighted by molar-refractivity contribution is 0.309. The summed E-state index contributed by atoms with van der Waals surface area (Å²) in [5, 5.41) is 0.0860. The van der Waals surface area contributed by atoms with Crippen LogP contribution < -0.4 is 17.0 Å². The Morgan fingerprint density at radius 3 is 2.53 bits per heavy atom. The van der Waals surface area contributed by atoms with Crippen molar-refractivity contribution in [2.75, 3.05) is 14.1 Å². The van der Waals surface area contributed by atoms with E-state index < -0.39 is 17.1 Å². The number of benzene rings is 2. The third kappa shape index (κ3) is 4.50. The van der Waals surface area contributed by atoms with Crippen LogP contribution in [0.25, 0.3) is 27.8 Å². The molecule has 1 saturated carbocycles. The van der Waals surface area contributed by atoms with Crippen LogP contribution in [0.1, 0.15) is 37.3 Å². The summed E-state index contributed by atoms with van der Waals surface area (Å²) in [6.07, 6.45) is 3.76. The molecule has 2 N–H and O–H groups in total. The molecule has 4 aromatic rings. The minimum atomic E-state index is -0.617. The number of hydrogen-bond donors (Lipinski definition) is 1. The summed E-state index contributed by atoms with van der Waals surface area (Å²) in [4.78, 5) is 33.6. The smallest absolute Gasteiger partial charge is 0.328 e. The fourth-order valence-corrected chi connectivity index (χ4v) is 5.19. The average Bonchev–Trinajstić information content (AvgIpc) is 2.86. The monoisotopic (exact) mass is 487 g/mol. The van der Waals surface area contributed by atoms with Crippen molar-refractivity contribution in [2.24, 2.45) is 5.73 Å². The Bertz CT molecular complexity index is 1530. The highest BCUT2D eigenvalue weighted by molar-refractivity contribution is 5.77. The van der Waals surface area contributed by atoms with Gasteiger partial charge in [-0.3, -0.25) is 9.36 Å². The van der Waals surface area contributed by atoms with Crippen molar-refractivity contribution in [3.05, 3.63) is 93.0 Å². The summed E-state index contributed by atoms with van der Waals surface area (Å²) in [7, 11) is 4.04. The molecule has 1 aliphatic rings. The zero-order valence-corrected chi connectivity index (χ0v) is 20.5. The van der Waals surface area contributed by atoms with Gasteiger partial charge in [0.25, 0.3) is 5.56 Å². The van der Waals surface area contributed by atoms with Crippen LogP contribution >= 0.6 is 0 Å². The van der Waals surface area contributed by atoms with Gasteiger partial charge >= 0.3 is 5.69 Å². The van der Waals surface area contributed by atoms with Crippen molar-refractivity contribution in [2.45, 2.75) is 44.3 Å². The van der Waals surface area contributed by atoms with Gasteiger partial charge in [0, 0.05) is 18.6 Å². The van der Waals surface area contributed by atoms with Crippen LogP contribution in [0.3, 0.4) is 0 Å². The van der Waals surface area contributed by atoms with Crippen LogP contribution in [-0.4, -0.2) is 39.2 Å². The molecule has 0 bridgehead atoms. The first-order chi connectivity index (χ1) is 17.3. The summed E-state index contributed by atoms with van der Waals surface area (Å²) in [6, 6.07) is 16.7. The van der Waals surface area contributed by atoms with Gasteiger partial charge in [0.2, 0.25) is 0 Å². The Morgan fingerprint density at radius 2 is 1.78 bits per heavy atom. The lowest BCUT2D eigenvalue weighted by Gasteiger charge is -2.28. The third-order valence-electron chi connectivity index (χ3n) is 6.92. The molecule has 1 fully saturated rings. The van der Waals surface area contributed by atoms with Crippen molar-refractivity contribution < 1.29 is 4.39 Å². The van der Waals surface area contributed by atoms with E-state index in [9.17, 15) is 14.0 Å². The average molecular weight is 488 g/mol. The highest BCUT2D eigenvalue weighted by Gasteiger charge is 2.26. The van der Waals surface area contributed by atoms with Crippen molar-refractivity contribution >= 4 is 11.0 Å². The van der Waals surface area contributed by atoms with E-state index in [0.717, 1.165) is 42.3 Å². The predicted octanol–water partition coefficient (Wildman–Crippen LogP) is 3.86. The molecule has 1 aliphatic carbocycles. The maximum atomic E-state index is 14.2. The van der Waals surface area contributed by atoms with Gasteiger partial charge in [-0.1, -0.05) is 36.4 Å². The highest BCUT2D eigenvalue weighted by Crippen LogP contribution is 2.28. The maximum absolute atomic E-state index is 14.2. The van der Waals surface area contributed by atoms with Crippen molar-refractivity contribution in [1.82, 2.24) is 19.0 Å². The van der Waals surface area contributed by atoms with E-state index in [1.165, 1.54) is 15.2 Å². The lowest BCUT2D eigenvalue weighted by atomic mass is 9.91. The van der Waals surface area contributed by atoms with Gasteiger partial charge in [-0.2, -0.15) is 0 Å². The third-order valence-corrected chi connectivity index (χ3v) is 6.92. The number of nitrogens with two attached hydrogens (primary N) is 1. The minimum Gasteiger partial charge on any atom is -0.328 e. The van der Waals surface area contributed by atoms with Crippen LogP contribution in [0.15, 0.2) is 70.4 Å². The van der Waals surface area contributed by atoms with Crippen molar-refractivity contribution in [1.29, 1.82) is 0 Å². The molecule has 0 aliphatic heterocycles. The second kappa shape index (κ2) is 9.79. The summed E-state index contributed by atoms with van der Waals surface area (Å²) in [6.45, 7) is 0.763. The number of pyridine rings is 1. The number of fused-ring (bicyclic) bond motifs is 1. The molecule has 0 unspecified atom stereocenters. The Hall–Kier alpha value is -3.62. The molecule has 186 valence electrons. The molecule has 2 aromatic carbocycles. The van der Waals surface area contributed by atoms with Gasteiger partial charge in [0.05, 0.1) is 17.3 Å². The molecular weight excluding hydrogens is 457 g/mol. The van der Waals surface area contributed by atoms with Crippen molar-refractivity contribution in [3.63, 3.8) is 0 Å². The van der Waals surface area contributed by atoms with E-state index in [0.29, 0.717) is 18.5 Å². The topological polar surface area (TPSA) is 86.1 Å². The molecule has 2 heterocycles. The summed E-state index contributed by atoms with van der Waals surface area (Å²) >= 11 is 0. The van der Waals surface area contributed by atoms with E-state index >= 15 is 0 Å². The lowest BCUT2D eigenvalue weighted by Crippen LogP contribution is -2.44. The second-order valence-corrected chi connectivity index (χ2v) is 9.83. The second-order valence-electron chi connectivity index (χ2n) is 9.83. The summed E-state index contributed by atoms with van der Waals surface area (Å²) in [5.41, 5.74) is 8.95. The minimum absolute atomic E-state index is 0.0673. The molecule has 0 spiro atoms. The van der Waals surface area contributed by atoms with Crippen LogP contribution in [0.5, 0.6) is 0 Å². The highest BCUT2D eigenvalue weighted by atomic mass is 19.1. The number of aromatic nitrogens is 3. The fraction of sp³-hybridized carbons (Fsp3) is 0.321. The zero-order chi connectivity index (χ0) is 25.4. The Labute approximate surface area is 208 Å². The van der Waals surface area contributed by atoms with E-state index in [1.807, 2.05) is 50.5 Å². The zero-order valence-electron chi connectivity index (χ0n) is 20.5. The summed E-state index contributed by atoms with van der Waals surface area (Å²) < 4.78 is 16.9. The van der Waals surface area contributed by atoms with E-state index in [1.54, 1.807) is 0 Å². The quantitative estimate of drug-likeness (QED) is 0.462. The molecule has 36 heavy (non-hydrogen) atoms. The molecule has 0 amide bonds. The molecule has 5 rings (SSSR count). The first-order valence-electron chi connectivity index (χ1n) is 12.3. The Balaban J connectivity index is 1.73. The van der Waals surface area contributed by atoms with Crippen LogP contribution in [0.4, 0.5) is 4.39 Å².